The molecule has 0 N–H and O–H groups in total. The lowest BCUT2D eigenvalue weighted by Crippen LogP contribution is -2.39. The minimum absolute atomic E-state index is 0.0921. The highest BCUT2D eigenvalue weighted by Crippen LogP contribution is 2.34. The Morgan fingerprint density at radius 3 is 2.70 bits per heavy atom. The summed E-state index contributed by atoms with van der Waals surface area (Å²) in [5, 5.41) is 1.93. The van der Waals surface area contributed by atoms with Gasteiger partial charge < -0.3 is 9.47 Å². The van der Waals surface area contributed by atoms with Crippen molar-refractivity contribution in [1.29, 1.82) is 0 Å². The lowest BCUT2D eigenvalue weighted by Gasteiger charge is -2.24. The van der Waals surface area contributed by atoms with Crippen LogP contribution in [-0.2, 0) is 16.1 Å². The summed E-state index contributed by atoms with van der Waals surface area (Å²) in [4.78, 5) is 33.1. The minimum Gasteiger partial charge on any atom is -0.488 e. The standard InChI is InChI=1S/C30H26BrFN2O4S2/c1-3-8-22-26(29(36)37-4-2)27(24-11-7-14-39-24)34-28(35)25(40-30(34)33-22)16-18-12-13-23(20(31)15-18)38-17-19-9-5-6-10-21(19)32/h5-7,9-16,27H,3-4,8,17H2,1-2H3/b25-16-/t27-/m1/s1. The third-order valence-electron chi connectivity index (χ3n) is 6.30. The Labute approximate surface area is 246 Å². The molecule has 5 rings (SSSR count). The number of aromatic nitrogens is 1. The minimum atomic E-state index is -0.597. The van der Waals surface area contributed by atoms with Crippen molar-refractivity contribution in [2.24, 2.45) is 4.99 Å². The quantitative estimate of drug-likeness (QED) is 0.207. The Balaban J connectivity index is 1.53. The normalized spacial score (nSPS) is 15.1. The molecule has 0 unspecified atom stereocenters. The van der Waals surface area contributed by atoms with Crippen molar-refractivity contribution in [3.05, 3.63) is 117 Å². The second kappa shape index (κ2) is 12.4. The summed E-state index contributed by atoms with van der Waals surface area (Å²) in [5.74, 6) is -0.209. The number of allylic oxidation sites excluding steroid dienone is 1. The molecule has 2 aromatic carbocycles. The van der Waals surface area contributed by atoms with E-state index >= 15 is 0 Å². The highest BCUT2D eigenvalue weighted by molar-refractivity contribution is 9.10. The number of benzene rings is 2. The Kier molecular flexibility index (Phi) is 8.78. The first-order valence-electron chi connectivity index (χ1n) is 12.8. The molecule has 0 saturated carbocycles. The molecule has 0 saturated heterocycles. The van der Waals surface area contributed by atoms with Gasteiger partial charge in [0.15, 0.2) is 4.80 Å². The molecule has 1 aliphatic heterocycles. The predicted octanol–water partition coefficient (Wildman–Crippen LogP) is 6.12. The van der Waals surface area contributed by atoms with Crippen LogP contribution in [0.25, 0.3) is 6.08 Å². The van der Waals surface area contributed by atoms with Crippen LogP contribution in [0.2, 0.25) is 0 Å². The summed E-state index contributed by atoms with van der Waals surface area (Å²) in [7, 11) is 0. The predicted molar refractivity (Wildman–Crippen MR) is 159 cm³/mol. The van der Waals surface area contributed by atoms with E-state index in [-0.39, 0.29) is 24.6 Å². The summed E-state index contributed by atoms with van der Waals surface area (Å²) in [6, 6.07) is 15.2. The van der Waals surface area contributed by atoms with Gasteiger partial charge in [-0.25, -0.2) is 14.2 Å². The summed E-state index contributed by atoms with van der Waals surface area (Å²) in [6.45, 7) is 4.12. The van der Waals surface area contributed by atoms with Crippen LogP contribution in [0.3, 0.4) is 0 Å². The first-order valence-corrected chi connectivity index (χ1v) is 15.3. The molecular weight excluding hydrogens is 615 g/mol. The van der Waals surface area contributed by atoms with E-state index < -0.39 is 12.0 Å². The van der Waals surface area contributed by atoms with Gasteiger partial charge in [0.2, 0.25) is 0 Å². The van der Waals surface area contributed by atoms with Gasteiger partial charge in [0.05, 0.1) is 26.9 Å². The van der Waals surface area contributed by atoms with Gasteiger partial charge in [-0.05, 0) is 70.6 Å². The molecule has 1 atom stereocenters. The van der Waals surface area contributed by atoms with Crippen molar-refractivity contribution in [2.45, 2.75) is 39.3 Å². The van der Waals surface area contributed by atoms with E-state index in [4.69, 9.17) is 14.5 Å². The molecule has 10 heteroatoms. The topological polar surface area (TPSA) is 69.9 Å². The fraction of sp³-hybridized carbons (Fsp3) is 0.233. The van der Waals surface area contributed by atoms with Crippen LogP contribution in [0.15, 0.2) is 85.5 Å². The van der Waals surface area contributed by atoms with E-state index in [1.165, 1.54) is 28.7 Å². The number of hydrogen-bond acceptors (Lipinski definition) is 7. The van der Waals surface area contributed by atoms with Gasteiger partial charge in [0, 0.05) is 10.4 Å². The second-order valence-electron chi connectivity index (χ2n) is 9.00. The van der Waals surface area contributed by atoms with E-state index in [2.05, 4.69) is 15.9 Å². The zero-order chi connectivity index (χ0) is 28.2. The Morgan fingerprint density at radius 2 is 2.00 bits per heavy atom. The van der Waals surface area contributed by atoms with Crippen molar-refractivity contribution in [3.8, 4) is 5.75 Å². The lowest BCUT2D eigenvalue weighted by atomic mass is 9.99. The maximum atomic E-state index is 14.0. The van der Waals surface area contributed by atoms with E-state index in [0.29, 0.717) is 42.8 Å². The monoisotopic (exact) mass is 640 g/mol. The average molecular weight is 642 g/mol. The van der Waals surface area contributed by atoms with E-state index in [0.717, 1.165) is 16.9 Å². The smallest absolute Gasteiger partial charge is 0.338 e. The molecule has 4 aromatic rings. The molecular formula is C30H26BrFN2O4S2. The van der Waals surface area contributed by atoms with Crippen molar-refractivity contribution in [3.63, 3.8) is 0 Å². The van der Waals surface area contributed by atoms with E-state index in [1.807, 2.05) is 36.6 Å². The Morgan fingerprint density at radius 1 is 1.18 bits per heavy atom. The fourth-order valence-electron chi connectivity index (χ4n) is 4.48. The van der Waals surface area contributed by atoms with Crippen molar-refractivity contribution in [2.75, 3.05) is 6.61 Å². The van der Waals surface area contributed by atoms with Crippen LogP contribution in [0, 0.1) is 5.82 Å². The van der Waals surface area contributed by atoms with Gasteiger partial charge in [0.1, 0.15) is 24.2 Å². The van der Waals surface area contributed by atoms with Crippen LogP contribution in [0.5, 0.6) is 5.75 Å². The zero-order valence-electron chi connectivity index (χ0n) is 21.9. The molecule has 0 bridgehead atoms. The summed E-state index contributed by atoms with van der Waals surface area (Å²) in [5.41, 5.74) is 2.09. The number of thiophene rings is 1. The van der Waals surface area contributed by atoms with Gasteiger partial charge in [-0.1, -0.05) is 55.0 Å². The van der Waals surface area contributed by atoms with Crippen LogP contribution in [0.1, 0.15) is 48.7 Å². The maximum Gasteiger partial charge on any atom is 0.338 e. The number of carbonyl (C=O) groups is 1. The molecule has 0 aliphatic carbocycles. The first kappa shape index (κ1) is 28.2. The highest BCUT2D eigenvalue weighted by Gasteiger charge is 2.34. The Hall–Kier alpha value is -3.34. The number of rotatable bonds is 9. The molecule has 3 heterocycles. The lowest BCUT2D eigenvalue weighted by molar-refractivity contribution is -0.139. The fourth-order valence-corrected chi connectivity index (χ4v) is 6.84. The van der Waals surface area contributed by atoms with Gasteiger partial charge in [-0.3, -0.25) is 9.36 Å². The first-order chi connectivity index (χ1) is 19.4. The summed E-state index contributed by atoms with van der Waals surface area (Å²) in [6.07, 6.45) is 3.20. The summed E-state index contributed by atoms with van der Waals surface area (Å²) >= 11 is 6.31. The number of esters is 1. The van der Waals surface area contributed by atoms with Crippen LogP contribution in [-0.4, -0.2) is 17.1 Å². The molecule has 0 radical (unpaired) electrons. The average Bonchev–Trinajstić information content (AvgIpc) is 3.57. The van der Waals surface area contributed by atoms with Crippen molar-refractivity contribution in [1.82, 2.24) is 4.57 Å². The number of ether oxygens (including phenoxy) is 2. The molecule has 0 fully saturated rings. The van der Waals surface area contributed by atoms with Crippen LogP contribution >= 0.6 is 38.6 Å². The van der Waals surface area contributed by atoms with E-state index in [9.17, 15) is 14.0 Å². The van der Waals surface area contributed by atoms with Gasteiger partial charge >= 0.3 is 5.97 Å². The molecule has 206 valence electrons. The maximum absolute atomic E-state index is 14.0. The molecule has 2 aromatic heterocycles. The van der Waals surface area contributed by atoms with Gasteiger partial charge in [0.25, 0.3) is 5.56 Å². The number of fused-ring (bicyclic) bond motifs is 1. The Bertz CT molecular complexity index is 1760. The highest BCUT2D eigenvalue weighted by atomic mass is 79.9. The van der Waals surface area contributed by atoms with E-state index in [1.54, 1.807) is 41.8 Å². The van der Waals surface area contributed by atoms with Crippen LogP contribution in [0.4, 0.5) is 4.39 Å². The van der Waals surface area contributed by atoms with Gasteiger partial charge in [-0.15, -0.1) is 11.3 Å². The summed E-state index contributed by atoms with van der Waals surface area (Å²) < 4.78 is 28.0. The third kappa shape index (κ3) is 5.75. The molecule has 40 heavy (non-hydrogen) atoms. The number of hydrogen-bond donors (Lipinski definition) is 0. The number of halogens is 2. The van der Waals surface area contributed by atoms with Crippen LogP contribution < -0.4 is 19.6 Å². The molecule has 1 aliphatic rings. The molecule has 6 nitrogen and oxygen atoms in total. The zero-order valence-corrected chi connectivity index (χ0v) is 25.1. The number of thiazole rings is 1. The van der Waals surface area contributed by atoms with Crippen molar-refractivity contribution < 1.29 is 18.7 Å². The number of carbonyl (C=O) groups excluding carboxylic acids is 1. The second-order valence-corrected chi connectivity index (χ2v) is 11.8. The largest absolute Gasteiger partial charge is 0.488 e. The molecule has 0 amide bonds. The third-order valence-corrected chi connectivity index (χ3v) is 8.83. The SMILES string of the molecule is CCCC1=C(C(=O)OCC)[C@@H](c2cccs2)n2c(s/c(=C\c3ccc(OCc4ccccc4F)c(Br)c3)c2=O)=N1. The number of nitrogens with zero attached hydrogens (tertiary/aromatic N) is 2. The van der Waals surface area contributed by atoms with Gasteiger partial charge in [-0.2, -0.15) is 0 Å². The molecule has 0 spiro atoms. The van der Waals surface area contributed by atoms with Crippen molar-refractivity contribution >= 4 is 50.6 Å².